The van der Waals surface area contributed by atoms with Crippen LogP contribution in [-0.2, 0) is 11.2 Å². The molecule has 1 aromatic heterocycles. The molecule has 122 valence electrons. The Hall–Kier alpha value is -3.15. The lowest BCUT2D eigenvalue weighted by molar-refractivity contribution is -0.118. The van der Waals surface area contributed by atoms with Crippen molar-refractivity contribution in [2.24, 2.45) is 0 Å². The van der Waals surface area contributed by atoms with E-state index in [0.717, 1.165) is 5.56 Å². The van der Waals surface area contributed by atoms with Gasteiger partial charge in [0.15, 0.2) is 12.4 Å². The van der Waals surface area contributed by atoms with Gasteiger partial charge >= 0.3 is 0 Å². The number of anilines is 1. The van der Waals surface area contributed by atoms with E-state index >= 15 is 0 Å². The molecule has 0 aliphatic heterocycles. The summed E-state index contributed by atoms with van der Waals surface area (Å²) < 4.78 is 10.6. The third kappa shape index (κ3) is 3.98. The maximum atomic E-state index is 12.0. The molecule has 0 spiro atoms. The summed E-state index contributed by atoms with van der Waals surface area (Å²) in [7, 11) is 0. The van der Waals surface area contributed by atoms with Crippen molar-refractivity contribution in [3.05, 3.63) is 60.4 Å². The van der Waals surface area contributed by atoms with E-state index < -0.39 is 0 Å². The standard InChI is InChI=1S/C18H17N3O3/c1-2-16-20-18(24-21-16)13-7-6-8-14(11-13)19-17(22)12-23-15-9-4-3-5-10-15/h3-11H,2,12H2,1H3,(H,19,22). The maximum Gasteiger partial charge on any atom is 0.262 e. The minimum atomic E-state index is -0.240. The number of ether oxygens (including phenoxy) is 1. The Balaban J connectivity index is 1.62. The van der Waals surface area contributed by atoms with Crippen LogP contribution >= 0.6 is 0 Å². The van der Waals surface area contributed by atoms with Crippen LogP contribution in [0.1, 0.15) is 12.7 Å². The number of amides is 1. The lowest BCUT2D eigenvalue weighted by Crippen LogP contribution is -2.20. The zero-order valence-corrected chi connectivity index (χ0v) is 13.2. The van der Waals surface area contributed by atoms with Gasteiger partial charge in [0, 0.05) is 17.7 Å². The highest BCUT2D eigenvalue weighted by molar-refractivity contribution is 5.92. The van der Waals surface area contributed by atoms with Crippen LogP contribution in [0.25, 0.3) is 11.5 Å². The number of hydrogen-bond acceptors (Lipinski definition) is 5. The van der Waals surface area contributed by atoms with Gasteiger partial charge < -0.3 is 14.6 Å². The van der Waals surface area contributed by atoms with Crippen LogP contribution in [-0.4, -0.2) is 22.7 Å². The average molecular weight is 323 g/mol. The molecule has 0 fully saturated rings. The molecule has 0 aliphatic carbocycles. The maximum absolute atomic E-state index is 12.0. The molecule has 2 aromatic carbocycles. The van der Waals surface area contributed by atoms with Gasteiger partial charge in [-0.15, -0.1) is 0 Å². The van der Waals surface area contributed by atoms with Gasteiger partial charge in [-0.2, -0.15) is 4.98 Å². The molecule has 1 N–H and O–H groups in total. The van der Waals surface area contributed by atoms with Crippen molar-refractivity contribution in [3.63, 3.8) is 0 Å². The van der Waals surface area contributed by atoms with E-state index in [1.807, 2.05) is 37.3 Å². The molecular formula is C18H17N3O3. The van der Waals surface area contributed by atoms with Crippen molar-refractivity contribution in [3.8, 4) is 17.2 Å². The Morgan fingerprint density at radius 3 is 2.75 bits per heavy atom. The zero-order chi connectivity index (χ0) is 16.8. The second-order valence-corrected chi connectivity index (χ2v) is 5.10. The van der Waals surface area contributed by atoms with Gasteiger partial charge in [0.05, 0.1) is 0 Å². The van der Waals surface area contributed by atoms with E-state index in [-0.39, 0.29) is 12.5 Å². The van der Waals surface area contributed by atoms with Crippen molar-refractivity contribution >= 4 is 11.6 Å². The molecule has 0 unspecified atom stereocenters. The quantitative estimate of drug-likeness (QED) is 0.753. The highest BCUT2D eigenvalue weighted by atomic mass is 16.5. The molecule has 6 nitrogen and oxygen atoms in total. The molecule has 0 bridgehead atoms. The Bertz CT molecular complexity index is 815. The van der Waals surface area contributed by atoms with Crippen molar-refractivity contribution in [2.45, 2.75) is 13.3 Å². The van der Waals surface area contributed by atoms with Gasteiger partial charge in [0.25, 0.3) is 11.8 Å². The van der Waals surface area contributed by atoms with Crippen molar-refractivity contribution in [1.82, 2.24) is 10.1 Å². The van der Waals surface area contributed by atoms with Crippen LogP contribution in [0.4, 0.5) is 5.69 Å². The number of carbonyl (C=O) groups excluding carboxylic acids is 1. The Labute approximate surface area is 139 Å². The number of nitrogens with one attached hydrogen (secondary N) is 1. The Kier molecular flexibility index (Phi) is 4.86. The monoisotopic (exact) mass is 323 g/mol. The predicted octanol–water partition coefficient (Wildman–Crippen LogP) is 3.32. The third-order valence-electron chi connectivity index (χ3n) is 3.29. The number of carbonyl (C=O) groups is 1. The SMILES string of the molecule is CCc1noc(-c2cccc(NC(=O)COc3ccccc3)c2)n1. The fraction of sp³-hybridized carbons (Fsp3) is 0.167. The Morgan fingerprint density at radius 1 is 1.17 bits per heavy atom. The van der Waals surface area contributed by atoms with Crippen LogP contribution in [0.5, 0.6) is 5.75 Å². The predicted molar refractivity (Wildman–Crippen MR) is 89.7 cm³/mol. The fourth-order valence-corrected chi connectivity index (χ4v) is 2.11. The summed E-state index contributed by atoms with van der Waals surface area (Å²) in [5, 5.41) is 6.66. The number of rotatable bonds is 6. The van der Waals surface area contributed by atoms with Crippen LogP contribution in [0.15, 0.2) is 59.1 Å². The van der Waals surface area contributed by atoms with Crippen LogP contribution in [0.2, 0.25) is 0 Å². The topological polar surface area (TPSA) is 77.2 Å². The number of aromatic nitrogens is 2. The van der Waals surface area contributed by atoms with Gasteiger partial charge in [-0.1, -0.05) is 36.3 Å². The fourth-order valence-electron chi connectivity index (χ4n) is 2.11. The highest BCUT2D eigenvalue weighted by Gasteiger charge is 2.09. The molecule has 0 saturated carbocycles. The molecule has 24 heavy (non-hydrogen) atoms. The van der Waals surface area contributed by atoms with Gasteiger partial charge in [-0.25, -0.2) is 0 Å². The molecule has 1 heterocycles. The van der Waals surface area contributed by atoms with Crippen molar-refractivity contribution in [2.75, 3.05) is 11.9 Å². The lowest BCUT2D eigenvalue weighted by atomic mass is 10.2. The molecular weight excluding hydrogens is 306 g/mol. The molecule has 1 amide bonds. The highest BCUT2D eigenvalue weighted by Crippen LogP contribution is 2.21. The van der Waals surface area contributed by atoms with E-state index in [4.69, 9.17) is 9.26 Å². The molecule has 6 heteroatoms. The second kappa shape index (κ2) is 7.41. The normalized spacial score (nSPS) is 10.4. The number of para-hydroxylation sites is 1. The number of nitrogens with zero attached hydrogens (tertiary/aromatic N) is 2. The third-order valence-corrected chi connectivity index (χ3v) is 3.29. The minimum Gasteiger partial charge on any atom is -0.484 e. The van der Waals surface area contributed by atoms with Crippen LogP contribution in [0.3, 0.4) is 0 Å². The molecule has 0 radical (unpaired) electrons. The van der Waals surface area contributed by atoms with E-state index in [0.29, 0.717) is 29.6 Å². The number of aryl methyl sites for hydroxylation is 1. The molecule has 3 rings (SSSR count). The van der Waals surface area contributed by atoms with Gasteiger partial charge in [-0.3, -0.25) is 4.79 Å². The van der Waals surface area contributed by atoms with E-state index in [2.05, 4.69) is 15.5 Å². The van der Waals surface area contributed by atoms with Gasteiger partial charge in [-0.05, 0) is 30.3 Å². The van der Waals surface area contributed by atoms with Crippen LogP contribution < -0.4 is 10.1 Å². The molecule has 0 aliphatic rings. The van der Waals surface area contributed by atoms with E-state index in [9.17, 15) is 4.79 Å². The minimum absolute atomic E-state index is 0.0607. The molecule has 3 aromatic rings. The van der Waals surface area contributed by atoms with E-state index in [1.54, 1.807) is 24.3 Å². The molecule has 0 atom stereocenters. The Morgan fingerprint density at radius 2 is 2.00 bits per heavy atom. The summed E-state index contributed by atoms with van der Waals surface area (Å²) in [5.41, 5.74) is 1.40. The first-order valence-electron chi connectivity index (χ1n) is 7.65. The zero-order valence-electron chi connectivity index (χ0n) is 13.2. The first-order chi connectivity index (χ1) is 11.7. The molecule has 0 saturated heterocycles. The summed E-state index contributed by atoms with van der Waals surface area (Å²) in [6.45, 7) is 1.90. The summed E-state index contributed by atoms with van der Waals surface area (Å²) in [6.07, 6.45) is 0.705. The first kappa shape index (κ1) is 15.7. The van der Waals surface area contributed by atoms with Gasteiger partial charge in [0.1, 0.15) is 5.75 Å². The van der Waals surface area contributed by atoms with Crippen LogP contribution in [0, 0.1) is 0 Å². The second-order valence-electron chi connectivity index (χ2n) is 5.10. The summed E-state index contributed by atoms with van der Waals surface area (Å²) in [6, 6.07) is 16.4. The average Bonchev–Trinajstić information content (AvgIpc) is 3.10. The smallest absolute Gasteiger partial charge is 0.262 e. The number of benzene rings is 2. The van der Waals surface area contributed by atoms with Gasteiger partial charge in [0.2, 0.25) is 0 Å². The van der Waals surface area contributed by atoms with E-state index in [1.165, 1.54) is 0 Å². The number of hydrogen-bond donors (Lipinski definition) is 1. The first-order valence-corrected chi connectivity index (χ1v) is 7.65. The summed E-state index contributed by atoms with van der Waals surface area (Å²) in [5.74, 6) is 1.49. The summed E-state index contributed by atoms with van der Waals surface area (Å²) >= 11 is 0. The van der Waals surface area contributed by atoms with Crippen molar-refractivity contribution < 1.29 is 14.1 Å². The van der Waals surface area contributed by atoms with Crippen molar-refractivity contribution in [1.29, 1.82) is 0 Å². The summed E-state index contributed by atoms with van der Waals surface area (Å²) in [4.78, 5) is 16.3. The largest absolute Gasteiger partial charge is 0.484 e. The lowest BCUT2D eigenvalue weighted by Gasteiger charge is -2.08.